The summed E-state index contributed by atoms with van der Waals surface area (Å²) >= 11 is 8.21. The van der Waals surface area contributed by atoms with Gasteiger partial charge in [0, 0.05) is 0 Å². The Balaban J connectivity index is 2.03. The number of benzene rings is 1. The lowest BCUT2D eigenvalue weighted by atomic mass is 10.1. The molecule has 0 amide bonds. The lowest BCUT2D eigenvalue weighted by Gasteiger charge is -2.25. The molecule has 1 aromatic carbocycles. The Morgan fingerprint density at radius 3 is 2.86 bits per heavy atom. The molecular formula is C14H10N4OS3. The van der Waals surface area contributed by atoms with Crippen LogP contribution in [0.5, 0.6) is 0 Å². The summed E-state index contributed by atoms with van der Waals surface area (Å²) in [5, 5.41) is 8.24. The van der Waals surface area contributed by atoms with E-state index in [9.17, 15) is 4.79 Å². The van der Waals surface area contributed by atoms with Crippen molar-refractivity contribution in [2.75, 3.05) is 5.32 Å². The molecule has 3 heterocycles. The molecule has 1 aliphatic heterocycles. The molecule has 8 heteroatoms. The number of fused-ring (bicyclic) bond motifs is 3. The number of nitrogens with zero attached hydrogens (tertiary/aromatic N) is 3. The zero-order valence-electron chi connectivity index (χ0n) is 11.4. The molecule has 1 atom stereocenters. The molecular weight excluding hydrogens is 336 g/mol. The highest BCUT2D eigenvalue weighted by molar-refractivity contribution is 8.23. The van der Waals surface area contributed by atoms with Gasteiger partial charge in [-0.25, -0.2) is 0 Å². The van der Waals surface area contributed by atoms with Crippen molar-refractivity contribution in [2.45, 2.75) is 12.2 Å². The SMILES string of the molecule is Cc1nn2c3c(c(=O)nc2s1)C(c1ccccc1)SC(=S)N3. The molecule has 5 nitrogen and oxygen atoms in total. The van der Waals surface area contributed by atoms with E-state index in [-0.39, 0.29) is 10.8 Å². The summed E-state index contributed by atoms with van der Waals surface area (Å²) in [4.78, 5) is 17.3. The lowest BCUT2D eigenvalue weighted by molar-refractivity contribution is 0.895. The van der Waals surface area contributed by atoms with Gasteiger partial charge in [0.2, 0.25) is 4.96 Å². The fourth-order valence-electron chi connectivity index (χ4n) is 2.47. The molecule has 0 saturated carbocycles. The molecule has 0 fully saturated rings. The van der Waals surface area contributed by atoms with Gasteiger partial charge in [-0.15, -0.1) is 0 Å². The van der Waals surface area contributed by atoms with E-state index in [0.29, 0.717) is 20.7 Å². The summed E-state index contributed by atoms with van der Waals surface area (Å²) < 4.78 is 2.31. The highest BCUT2D eigenvalue weighted by Crippen LogP contribution is 2.42. The average Bonchev–Trinajstić information content (AvgIpc) is 2.88. The van der Waals surface area contributed by atoms with Crippen LogP contribution >= 0.6 is 35.3 Å². The minimum Gasteiger partial charge on any atom is -0.325 e. The minimum absolute atomic E-state index is 0.163. The first-order valence-corrected chi connectivity index (χ1v) is 8.67. The Labute approximate surface area is 139 Å². The van der Waals surface area contributed by atoms with Crippen LogP contribution in [0.4, 0.5) is 5.82 Å². The Kier molecular flexibility index (Phi) is 3.24. The van der Waals surface area contributed by atoms with Gasteiger partial charge < -0.3 is 5.32 Å². The number of thiocarbonyl (C=S) groups is 1. The van der Waals surface area contributed by atoms with Crippen LogP contribution in [0, 0.1) is 6.92 Å². The van der Waals surface area contributed by atoms with Crippen molar-refractivity contribution in [3.8, 4) is 0 Å². The van der Waals surface area contributed by atoms with Crippen molar-refractivity contribution < 1.29 is 0 Å². The van der Waals surface area contributed by atoms with Gasteiger partial charge in [-0.2, -0.15) is 14.6 Å². The molecule has 2 aromatic heterocycles. The predicted octanol–water partition coefficient (Wildman–Crippen LogP) is 2.99. The average molecular weight is 346 g/mol. The number of nitrogens with one attached hydrogen (secondary N) is 1. The Bertz CT molecular complexity index is 948. The fraction of sp³-hybridized carbons (Fsp3) is 0.143. The number of aromatic nitrogens is 3. The Morgan fingerprint density at radius 1 is 1.32 bits per heavy atom. The molecule has 1 unspecified atom stereocenters. The third-order valence-electron chi connectivity index (χ3n) is 3.37. The zero-order valence-corrected chi connectivity index (χ0v) is 13.9. The van der Waals surface area contributed by atoms with E-state index >= 15 is 0 Å². The van der Waals surface area contributed by atoms with E-state index < -0.39 is 0 Å². The van der Waals surface area contributed by atoms with Crippen molar-refractivity contribution in [3.05, 3.63) is 56.8 Å². The van der Waals surface area contributed by atoms with Crippen LogP contribution in [-0.2, 0) is 0 Å². The van der Waals surface area contributed by atoms with Gasteiger partial charge in [-0.1, -0.05) is 65.6 Å². The van der Waals surface area contributed by atoms with Crippen molar-refractivity contribution in [1.29, 1.82) is 0 Å². The summed E-state index contributed by atoms with van der Waals surface area (Å²) in [6, 6.07) is 9.85. The fourth-order valence-corrected chi connectivity index (χ4v) is 4.58. The third-order valence-corrected chi connectivity index (χ3v) is 5.64. The van der Waals surface area contributed by atoms with Gasteiger partial charge in [-0.05, 0) is 12.5 Å². The first-order chi connectivity index (χ1) is 10.6. The van der Waals surface area contributed by atoms with Gasteiger partial charge >= 0.3 is 0 Å². The molecule has 0 bridgehead atoms. The maximum Gasteiger partial charge on any atom is 0.280 e. The van der Waals surface area contributed by atoms with Crippen LogP contribution in [0.3, 0.4) is 0 Å². The largest absolute Gasteiger partial charge is 0.325 e. The summed E-state index contributed by atoms with van der Waals surface area (Å²) in [5.41, 5.74) is 1.41. The quantitative estimate of drug-likeness (QED) is 0.684. The van der Waals surface area contributed by atoms with E-state index in [0.717, 1.165) is 10.6 Å². The molecule has 0 saturated heterocycles. The molecule has 3 aromatic rings. The number of hydrogen-bond donors (Lipinski definition) is 1. The van der Waals surface area contributed by atoms with E-state index in [2.05, 4.69) is 15.4 Å². The number of aryl methyl sites for hydroxylation is 1. The number of rotatable bonds is 1. The number of thioether (sulfide) groups is 1. The second kappa shape index (κ2) is 5.15. The maximum atomic E-state index is 12.5. The third kappa shape index (κ3) is 2.15. The van der Waals surface area contributed by atoms with Gasteiger partial charge in [-0.3, -0.25) is 4.79 Å². The van der Waals surface area contributed by atoms with Crippen molar-refractivity contribution in [1.82, 2.24) is 14.6 Å². The molecule has 4 rings (SSSR count). The van der Waals surface area contributed by atoms with Crippen molar-refractivity contribution in [3.63, 3.8) is 0 Å². The summed E-state index contributed by atoms with van der Waals surface area (Å²) in [7, 11) is 0. The Morgan fingerprint density at radius 2 is 2.09 bits per heavy atom. The summed E-state index contributed by atoms with van der Waals surface area (Å²) in [6.07, 6.45) is 0. The molecule has 0 aliphatic carbocycles. The summed E-state index contributed by atoms with van der Waals surface area (Å²) in [6.45, 7) is 1.89. The van der Waals surface area contributed by atoms with E-state index in [4.69, 9.17) is 12.2 Å². The van der Waals surface area contributed by atoms with Gasteiger partial charge in [0.15, 0.2) is 0 Å². The minimum atomic E-state index is -0.227. The first kappa shape index (κ1) is 13.9. The van der Waals surface area contributed by atoms with Crippen molar-refractivity contribution >= 4 is 50.4 Å². The summed E-state index contributed by atoms with van der Waals surface area (Å²) in [5.74, 6) is 0.636. The predicted molar refractivity (Wildman–Crippen MR) is 94.0 cm³/mol. The first-order valence-electron chi connectivity index (χ1n) is 6.56. The maximum absolute atomic E-state index is 12.5. The van der Waals surface area contributed by atoms with Gasteiger partial charge in [0.1, 0.15) is 15.1 Å². The van der Waals surface area contributed by atoms with Crippen LogP contribution in [-0.4, -0.2) is 18.9 Å². The van der Waals surface area contributed by atoms with Crippen molar-refractivity contribution in [2.24, 2.45) is 0 Å². The highest BCUT2D eigenvalue weighted by Gasteiger charge is 2.31. The second-order valence-electron chi connectivity index (χ2n) is 4.82. The molecule has 110 valence electrons. The van der Waals surface area contributed by atoms with E-state index in [1.165, 1.54) is 23.1 Å². The normalized spacial score (nSPS) is 17.3. The van der Waals surface area contributed by atoms with Crippen LogP contribution in [0.2, 0.25) is 0 Å². The second-order valence-corrected chi connectivity index (χ2v) is 7.76. The van der Waals surface area contributed by atoms with Crippen LogP contribution < -0.4 is 10.9 Å². The lowest BCUT2D eigenvalue weighted by Crippen LogP contribution is -2.28. The Hall–Kier alpha value is -1.77. The molecule has 0 radical (unpaired) electrons. The topological polar surface area (TPSA) is 59.3 Å². The molecule has 22 heavy (non-hydrogen) atoms. The number of anilines is 1. The van der Waals surface area contributed by atoms with Crippen LogP contribution in [0.1, 0.15) is 21.4 Å². The molecule has 1 N–H and O–H groups in total. The smallest absolute Gasteiger partial charge is 0.280 e. The van der Waals surface area contributed by atoms with Gasteiger partial charge in [0.25, 0.3) is 5.56 Å². The monoisotopic (exact) mass is 346 g/mol. The van der Waals surface area contributed by atoms with E-state index in [1.54, 1.807) is 4.52 Å². The molecule has 1 aliphatic rings. The van der Waals surface area contributed by atoms with Gasteiger partial charge in [0.05, 0.1) is 10.8 Å². The van der Waals surface area contributed by atoms with Crippen LogP contribution in [0.25, 0.3) is 4.96 Å². The zero-order chi connectivity index (χ0) is 15.3. The van der Waals surface area contributed by atoms with Crippen LogP contribution in [0.15, 0.2) is 35.1 Å². The standard InChI is InChI=1S/C14H10N4OS3/c1-7-17-18-11-9(12(19)16-13(18)21-7)10(22-14(20)15-11)8-5-3-2-4-6-8/h2-6,10H,1H3,(H,15,20). The van der Waals surface area contributed by atoms with E-state index in [1.807, 2.05) is 37.3 Å². The number of hydrogen-bond acceptors (Lipinski definition) is 6. The molecule has 0 spiro atoms. The highest BCUT2D eigenvalue weighted by atomic mass is 32.2.